The van der Waals surface area contributed by atoms with Crippen LogP contribution < -0.4 is 0 Å². The Bertz CT molecular complexity index is 461. The average molecular weight is 365 g/mol. The number of rotatable bonds is 12. The second kappa shape index (κ2) is 12.1. The molecule has 5 nitrogen and oxygen atoms in total. The van der Waals surface area contributed by atoms with E-state index >= 15 is 0 Å². The van der Waals surface area contributed by atoms with Gasteiger partial charge in [0.05, 0.1) is 0 Å². The fourth-order valence-electron chi connectivity index (χ4n) is 2.26. The molecule has 7 heteroatoms. The Morgan fingerprint density at radius 3 is 2.26 bits per heavy atom. The third-order valence-corrected chi connectivity index (χ3v) is 7.52. The predicted molar refractivity (Wildman–Crippen MR) is 96.0 cm³/mol. The Labute approximate surface area is 140 Å². The van der Waals surface area contributed by atoms with Crippen LogP contribution in [0.5, 0.6) is 0 Å². The molecule has 0 aliphatic carbocycles. The van der Waals surface area contributed by atoms with Crippen molar-refractivity contribution in [1.29, 1.82) is 0 Å². The average Bonchev–Trinajstić information content (AvgIpc) is 2.43. The monoisotopic (exact) mass is 365 g/mol. The Hall–Kier alpha value is -0.310. The zero-order valence-corrected chi connectivity index (χ0v) is 16.2. The van der Waals surface area contributed by atoms with Crippen LogP contribution >= 0.6 is 15.4 Å². The Morgan fingerprint density at radius 1 is 1.09 bits per heavy atom. The van der Waals surface area contributed by atoms with E-state index in [0.717, 1.165) is 32.1 Å². The molecule has 0 bridgehead atoms. The van der Waals surface area contributed by atoms with Crippen molar-refractivity contribution in [2.75, 3.05) is 6.35 Å². The molecule has 0 aliphatic rings. The molecule has 23 heavy (non-hydrogen) atoms. The maximum absolute atomic E-state index is 11.5. The van der Waals surface area contributed by atoms with Gasteiger partial charge in [-0.15, -0.1) is 0 Å². The van der Waals surface area contributed by atoms with E-state index in [1.54, 1.807) is 0 Å². The molecule has 0 saturated carbocycles. The summed E-state index contributed by atoms with van der Waals surface area (Å²) in [6.07, 6.45) is 9.43. The van der Waals surface area contributed by atoms with E-state index in [-0.39, 0.29) is 6.42 Å². The molecule has 2 unspecified atom stereocenters. The van der Waals surface area contributed by atoms with Crippen LogP contribution in [0.2, 0.25) is 0 Å². The molecule has 0 aromatic rings. The third-order valence-electron chi connectivity index (χ3n) is 3.61. The van der Waals surface area contributed by atoms with Gasteiger partial charge in [0.1, 0.15) is 0 Å². The summed E-state index contributed by atoms with van der Waals surface area (Å²) >= 11 is 0. The van der Waals surface area contributed by atoms with E-state index in [9.17, 15) is 18.9 Å². The highest BCUT2D eigenvalue weighted by Gasteiger charge is 2.43. The normalized spacial score (nSPS) is 14.5. The first kappa shape index (κ1) is 22.7. The van der Waals surface area contributed by atoms with Crippen LogP contribution in [0.3, 0.4) is 0 Å². The largest absolute Gasteiger partial charge is 0.382 e. The van der Waals surface area contributed by atoms with Crippen molar-refractivity contribution in [3.63, 3.8) is 0 Å². The van der Waals surface area contributed by atoms with E-state index in [1.165, 1.54) is 11.1 Å². The lowest BCUT2D eigenvalue weighted by atomic mass is 10.1. The first-order valence-corrected chi connectivity index (χ1v) is 11.3. The molecule has 134 valence electrons. The van der Waals surface area contributed by atoms with Crippen LogP contribution in [0.25, 0.3) is 0 Å². The second-order valence-corrected chi connectivity index (χ2v) is 10.1. The van der Waals surface area contributed by atoms with Crippen LogP contribution in [0, 0.1) is 0 Å². The van der Waals surface area contributed by atoms with Gasteiger partial charge in [0.25, 0.3) is 5.40 Å². The quantitative estimate of drug-likeness (QED) is 0.259. The highest BCUT2D eigenvalue weighted by molar-refractivity contribution is 7.67. The smallest absolute Gasteiger partial charge is 0.353 e. The van der Waals surface area contributed by atoms with Crippen LogP contribution in [-0.2, 0) is 9.13 Å². The van der Waals surface area contributed by atoms with E-state index in [4.69, 9.17) is 5.11 Å². The van der Waals surface area contributed by atoms with Crippen molar-refractivity contribution in [3.8, 4) is 0 Å². The summed E-state index contributed by atoms with van der Waals surface area (Å²) in [4.78, 5) is 18.4. The lowest BCUT2D eigenvalue weighted by Crippen LogP contribution is -2.05. The molecule has 3 N–H and O–H groups in total. The van der Waals surface area contributed by atoms with E-state index in [0.29, 0.717) is 6.42 Å². The van der Waals surface area contributed by atoms with Crippen molar-refractivity contribution in [2.45, 2.75) is 71.1 Å². The van der Waals surface area contributed by atoms with Crippen LogP contribution in [0.1, 0.15) is 65.7 Å². The summed E-state index contributed by atoms with van der Waals surface area (Å²) in [5.41, 5.74) is 2.69. The predicted octanol–water partition coefficient (Wildman–Crippen LogP) is 4.91. The summed E-state index contributed by atoms with van der Waals surface area (Å²) in [5, 5.41) is 7.63. The molecule has 0 fully saturated rings. The summed E-state index contributed by atoms with van der Waals surface area (Å²) in [6.45, 7) is 6.30. The van der Waals surface area contributed by atoms with Gasteiger partial charge in [-0.1, -0.05) is 34.3 Å². The lowest BCUT2D eigenvalue weighted by Gasteiger charge is -2.08. The number of aliphatic hydroxyl groups is 1. The Kier molecular flexibility index (Phi) is 11.9. The summed E-state index contributed by atoms with van der Waals surface area (Å²) in [7, 11) is -6.65. The van der Waals surface area contributed by atoms with Gasteiger partial charge in [0.15, 0.2) is 0 Å². The van der Waals surface area contributed by atoms with E-state index in [1.807, 2.05) is 0 Å². The lowest BCUT2D eigenvalue weighted by molar-refractivity contribution is 0.349. The van der Waals surface area contributed by atoms with Gasteiger partial charge >= 0.3 is 15.4 Å². The highest BCUT2D eigenvalue weighted by atomic mass is 31.2. The molecule has 0 saturated heterocycles. The van der Waals surface area contributed by atoms with Crippen molar-refractivity contribution >= 4 is 15.4 Å². The minimum Gasteiger partial charge on any atom is -0.353 e. The Balaban J connectivity index is 4.01. The SMILES string of the molecule is CC(C)=CCCC(C)=CCCCCCC([P+](=O)CO)P(=O)(O)O. The number of hydrogen-bond donors (Lipinski definition) is 3. The number of unbranched alkanes of at least 4 members (excludes halogenated alkanes) is 3. The van der Waals surface area contributed by atoms with Crippen LogP contribution in [0.15, 0.2) is 23.3 Å². The molecular weight excluding hydrogens is 334 g/mol. The molecule has 0 amide bonds. The zero-order chi connectivity index (χ0) is 17.9. The van der Waals surface area contributed by atoms with Crippen molar-refractivity contribution in [3.05, 3.63) is 23.3 Å². The minimum atomic E-state index is -4.40. The van der Waals surface area contributed by atoms with E-state index in [2.05, 4.69) is 32.9 Å². The number of hydrogen-bond acceptors (Lipinski definition) is 3. The summed E-state index contributed by atoms with van der Waals surface area (Å²) in [6, 6.07) is 0. The van der Waals surface area contributed by atoms with Gasteiger partial charge in [-0.25, -0.2) is 0 Å². The zero-order valence-electron chi connectivity index (χ0n) is 14.4. The maximum Gasteiger partial charge on any atom is 0.382 e. The second-order valence-electron chi connectivity index (χ2n) is 6.14. The maximum atomic E-state index is 11.5. The number of aliphatic hydroxyl groups excluding tert-OH is 1. The highest BCUT2D eigenvalue weighted by Crippen LogP contribution is 2.55. The van der Waals surface area contributed by atoms with Gasteiger partial charge < -0.3 is 14.9 Å². The summed E-state index contributed by atoms with van der Waals surface area (Å²) < 4.78 is 22.8. The molecule has 0 radical (unpaired) electrons. The molecule has 0 spiro atoms. The fourth-order valence-corrected chi connectivity index (χ4v) is 5.00. The standard InChI is InChI=1S/C16H30O5P2/c1-14(2)9-8-11-15(3)10-6-4-5-7-12-16(22(18)13-17)23(19,20)21/h9-10,16-17H,4-8,11-13H2,1-3H3,(H-,19,20,21)/p+1. The first-order valence-electron chi connectivity index (χ1n) is 8.07. The van der Waals surface area contributed by atoms with Gasteiger partial charge in [-0.3, -0.25) is 4.57 Å². The molecule has 2 atom stereocenters. The Morgan fingerprint density at radius 2 is 1.74 bits per heavy atom. The van der Waals surface area contributed by atoms with Crippen LogP contribution in [0.4, 0.5) is 0 Å². The first-order chi connectivity index (χ1) is 10.7. The van der Waals surface area contributed by atoms with Crippen molar-refractivity contribution < 1.29 is 24.0 Å². The molecule has 0 aromatic heterocycles. The molecule has 0 rings (SSSR count). The topological polar surface area (TPSA) is 94.8 Å². The molecule has 0 aromatic carbocycles. The van der Waals surface area contributed by atoms with Crippen molar-refractivity contribution in [1.82, 2.24) is 0 Å². The summed E-state index contributed by atoms with van der Waals surface area (Å²) in [5.74, 6) is 0. The van der Waals surface area contributed by atoms with Gasteiger partial charge in [0.2, 0.25) is 6.35 Å². The molecule has 0 aliphatic heterocycles. The molecular formula is C16H31O5P2+. The fraction of sp³-hybridized carbons (Fsp3) is 0.750. The van der Waals surface area contributed by atoms with Gasteiger partial charge in [-0.05, 0) is 52.9 Å². The number of allylic oxidation sites excluding steroid dienone is 4. The minimum absolute atomic E-state index is 0.198. The third kappa shape index (κ3) is 11.8. The van der Waals surface area contributed by atoms with Gasteiger partial charge in [-0.2, -0.15) is 0 Å². The van der Waals surface area contributed by atoms with E-state index < -0.39 is 27.1 Å². The van der Waals surface area contributed by atoms with Crippen LogP contribution in [-0.4, -0.2) is 26.6 Å². The van der Waals surface area contributed by atoms with Crippen molar-refractivity contribution in [2.24, 2.45) is 0 Å². The molecule has 0 heterocycles. The van der Waals surface area contributed by atoms with Gasteiger partial charge in [0, 0.05) is 6.42 Å².